The zero-order chi connectivity index (χ0) is 49.6. The highest BCUT2D eigenvalue weighted by molar-refractivity contribution is 6.10. The second-order valence-electron chi connectivity index (χ2n) is 18.7. The van der Waals surface area contributed by atoms with Crippen LogP contribution in [0.5, 0.6) is 0 Å². The van der Waals surface area contributed by atoms with Gasteiger partial charge in [-0.1, -0.05) is 96.9 Å². The number of amides is 4. The van der Waals surface area contributed by atoms with Gasteiger partial charge in [-0.3, -0.25) is 33.4 Å². The van der Waals surface area contributed by atoms with Crippen molar-refractivity contribution in [3.05, 3.63) is 101 Å². The van der Waals surface area contributed by atoms with Crippen LogP contribution in [0.4, 0.5) is 13.2 Å². The normalized spacial score (nSPS) is 13.4. The molecule has 12 nitrogen and oxygen atoms in total. The summed E-state index contributed by atoms with van der Waals surface area (Å²) in [7, 11) is 1.77. The molecule has 0 fully saturated rings. The van der Waals surface area contributed by atoms with Crippen LogP contribution in [-0.2, 0) is 34.2 Å². The zero-order valence-electron chi connectivity index (χ0n) is 40.9. The van der Waals surface area contributed by atoms with E-state index in [-0.39, 0.29) is 23.6 Å². The van der Waals surface area contributed by atoms with E-state index in [4.69, 9.17) is 0 Å². The zero-order valence-corrected chi connectivity index (χ0v) is 40.9. The van der Waals surface area contributed by atoms with Crippen molar-refractivity contribution in [3.8, 4) is 5.69 Å². The largest absolute Gasteiger partial charge is 0.416 e. The Labute approximate surface area is 398 Å². The number of halogens is 3. The summed E-state index contributed by atoms with van der Waals surface area (Å²) in [5.74, 6) is -1.04. The molecule has 4 amide bonds. The quantitative estimate of drug-likeness (QED) is 0.0380. The lowest BCUT2D eigenvalue weighted by Crippen LogP contribution is -2.57. The standard InChI is InChI=1S/C53H69F3N8O4/c1-9-11-19-44(50(67)59-33-37-21-23-38(24-22-37)35(3)36(4)57-10-2)60-51(68)47(52(5,6)7)61-46(65)20-17-15-13-12-14-16-18-31-58-49(66)39-25-30-45-42(32-39)43-34-63(8)62-48(43)64(45)41-28-26-40(27-29-41)53(54,55)56/h10,21-30,32,34,44,47H,9,11-20,31,33H2,1-8H3,(H,58,66)(H,59,67)(H,60,68)(H,61,65)/b36-35+,57-10?. The number of carbonyl (C=O) groups excluding carboxylic acids is 4. The lowest BCUT2D eigenvalue weighted by Gasteiger charge is -2.32. The molecule has 15 heteroatoms. The highest BCUT2D eigenvalue weighted by Gasteiger charge is 2.35. The van der Waals surface area contributed by atoms with E-state index in [1.807, 2.05) is 78.9 Å². The molecule has 0 aliphatic heterocycles. The Hall–Kier alpha value is -6.25. The number of unbranched alkanes of at least 4 members (excludes halogenated alkanes) is 7. The van der Waals surface area contributed by atoms with Gasteiger partial charge in [-0.25, -0.2) is 0 Å². The number of nitrogens with one attached hydrogen (secondary N) is 4. The number of aliphatic imine (C=N–C) groups is 1. The van der Waals surface area contributed by atoms with Crippen molar-refractivity contribution >= 4 is 57.4 Å². The van der Waals surface area contributed by atoms with Crippen LogP contribution >= 0.6 is 0 Å². The summed E-state index contributed by atoms with van der Waals surface area (Å²) in [6.45, 7) is 14.4. The van der Waals surface area contributed by atoms with Crippen molar-refractivity contribution in [2.75, 3.05) is 6.54 Å². The molecular formula is C53H69F3N8O4. The summed E-state index contributed by atoms with van der Waals surface area (Å²) in [6.07, 6.45) is 7.81. The smallest absolute Gasteiger partial charge is 0.352 e. The Kier molecular flexibility index (Phi) is 18.7. The molecule has 2 heterocycles. The number of aromatic nitrogens is 3. The average molecular weight is 939 g/mol. The predicted molar refractivity (Wildman–Crippen MR) is 265 cm³/mol. The molecule has 4 N–H and O–H groups in total. The lowest BCUT2D eigenvalue weighted by molar-refractivity contribution is -0.137. The molecular weight excluding hydrogens is 870 g/mol. The van der Waals surface area contributed by atoms with Gasteiger partial charge < -0.3 is 21.3 Å². The molecule has 366 valence electrons. The van der Waals surface area contributed by atoms with Crippen molar-refractivity contribution in [1.29, 1.82) is 0 Å². The molecule has 0 bridgehead atoms. The fourth-order valence-corrected chi connectivity index (χ4v) is 8.22. The molecule has 0 radical (unpaired) electrons. The molecule has 5 rings (SSSR count). The van der Waals surface area contributed by atoms with Gasteiger partial charge in [-0.05, 0) is 105 Å². The summed E-state index contributed by atoms with van der Waals surface area (Å²) in [5, 5.41) is 18.0. The SMILES string of the molecule is CC=N/C(C)=C(\C)c1ccc(CNC(=O)C(CCCC)NC(=O)C(NC(=O)CCCCCCCCCNC(=O)c2ccc3c(c2)c2cn(C)nc2n3-c2ccc(C(F)(F)F)cc2)C(C)(C)C)cc1. The molecule has 5 aromatic rings. The number of hydrogen-bond acceptors (Lipinski definition) is 6. The maximum absolute atomic E-state index is 13.7. The van der Waals surface area contributed by atoms with Gasteiger partial charge in [0, 0.05) is 66.7 Å². The highest BCUT2D eigenvalue weighted by Crippen LogP contribution is 2.34. The van der Waals surface area contributed by atoms with Gasteiger partial charge in [0.05, 0.1) is 11.1 Å². The Balaban J connectivity index is 1.01. The first-order valence-corrected chi connectivity index (χ1v) is 23.9. The van der Waals surface area contributed by atoms with Crippen LogP contribution in [-0.4, -0.2) is 62.8 Å². The first kappa shape index (κ1) is 52.7. The monoisotopic (exact) mass is 939 g/mol. The van der Waals surface area contributed by atoms with Crippen molar-refractivity contribution in [2.24, 2.45) is 17.5 Å². The number of benzene rings is 3. The summed E-state index contributed by atoms with van der Waals surface area (Å²) in [6, 6.07) is 16.7. The van der Waals surface area contributed by atoms with Gasteiger partial charge >= 0.3 is 6.18 Å². The third-order valence-electron chi connectivity index (χ3n) is 12.3. The molecule has 0 aliphatic carbocycles. The number of allylic oxidation sites excluding steroid dienone is 2. The molecule has 68 heavy (non-hydrogen) atoms. The van der Waals surface area contributed by atoms with E-state index in [0.29, 0.717) is 49.2 Å². The molecule has 0 saturated carbocycles. The van der Waals surface area contributed by atoms with Gasteiger partial charge in [0.25, 0.3) is 5.91 Å². The second kappa shape index (κ2) is 24.2. The van der Waals surface area contributed by atoms with Crippen molar-refractivity contribution in [3.63, 3.8) is 0 Å². The first-order chi connectivity index (χ1) is 32.3. The van der Waals surface area contributed by atoms with E-state index >= 15 is 0 Å². The number of nitrogens with zero attached hydrogens (tertiary/aromatic N) is 4. The van der Waals surface area contributed by atoms with Crippen LogP contribution in [0.25, 0.3) is 33.2 Å². The van der Waals surface area contributed by atoms with E-state index < -0.39 is 29.2 Å². The minimum atomic E-state index is -4.44. The number of hydrogen-bond donors (Lipinski definition) is 4. The van der Waals surface area contributed by atoms with Gasteiger partial charge in [0.2, 0.25) is 17.7 Å². The van der Waals surface area contributed by atoms with Crippen LogP contribution in [0.2, 0.25) is 0 Å². The van der Waals surface area contributed by atoms with E-state index in [1.165, 1.54) is 12.1 Å². The van der Waals surface area contributed by atoms with E-state index in [1.54, 1.807) is 40.7 Å². The van der Waals surface area contributed by atoms with Crippen LogP contribution in [0.3, 0.4) is 0 Å². The number of aryl methyl sites for hydroxylation is 1. The number of carbonyl (C=O) groups is 4. The topological polar surface area (TPSA) is 152 Å². The summed E-state index contributed by atoms with van der Waals surface area (Å²) in [4.78, 5) is 57.8. The highest BCUT2D eigenvalue weighted by atomic mass is 19.4. The maximum Gasteiger partial charge on any atom is 0.416 e. The van der Waals surface area contributed by atoms with Crippen LogP contribution < -0.4 is 21.3 Å². The molecule has 2 aromatic heterocycles. The van der Waals surface area contributed by atoms with Gasteiger partial charge in [0.1, 0.15) is 12.1 Å². The summed E-state index contributed by atoms with van der Waals surface area (Å²) in [5.41, 5.74) is 5.03. The molecule has 0 spiro atoms. The second-order valence-corrected chi connectivity index (χ2v) is 18.7. The Morgan fingerprint density at radius 3 is 2.06 bits per heavy atom. The van der Waals surface area contributed by atoms with Crippen LogP contribution in [0.15, 0.2) is 83.6 Å². The summed E-state index contributed by atoms with van der Waals surface area (Å²) >= 11 is 0. The number of fused-ring (bicyclic) bond motifs is 3. The Morgan fingerprint density at radius 1 is 0.779 bits per heavy atom. The molecule has 3 aromatic carbocycles. The van der Waals surface area contributed by atoms with Crippen LogP contribution in [0, 0.1) is 5.41 Å². The van der Waals surface area contributed by atoms with Crippen molar-refractivity contribution < 1.29 is 32.3 Å². The van der Waals surface area contributed by atoms with E-state index in [9.17, 15) is 32.3 Å². The molecule has 0 aliphatic rings. The minimum absolute atomic E-state index is 0.198. The number of alkyl halides is 3. The van der Waals surface area contributed by atoms with E-state index in [2.05, 4.69) is 31.4 Å². The number of rotatable bonds is 23. The van der Waals surface area contributed by atoms with Gasteiger partial charge in [0.15, 0.2) is 5.65 Å². The average Bonchev–Trinajstić information content (AvgIpc) is 3.82. The van der Waals surface area contributed by atoms with Crippen molar-refractivity contribution in [1.82, 2.24) is 35.6 Å². The van der Waals surface area contributed by atoms with E-state index in [0.717, 1.165) is 102 Å². The Morgan fingerprint density at radius 2 is 1.43 bits per heavy atom. The predicted octanol–water partition coefficient (Wildman–Crippen LogP) is 10.8. The molecule has 0 saturated heterocycles. The molecule has 2 unspecified atom stereocenters. The van der Waals surface area contributed by atoms with Crippen LogP contribution in [0.1, 0.15) is 146 Å². The molecule has 2 atom stereocenters. The maximum atomic E-state index is 13.7. The fourth-order valence-electron chi connectivity index (χ4n) is 8.22. The minimum Gasteiger partial charge on any atom is -0.352 e. The van der Waals surface area contributed by atoms with Crippen molar-refractivity contribution in [2.45, 2.75) is 144 Å². The fraction of sp³-hybridized carbons (Fsp3) is 0.472. The first-order valence-electron chi connectivity index (χ1n) is 23.9. The summed E-state index contributed by atoms with van der Waals surface area (Å²) < 4.78 is 43.1. The third kappa shape index (κ3) is 14.4. The van der Waals surface area contributed by atoms with Gasteiger partial charge in [-0.2, -0.15) is 18.3 Å². The third-order valence-corrected chi connectivity index (χ3v) is 12.3. The lowest BCUT2D eigenvalue weighted by atomic mass is 9.85. The Bertz CT molecular complexity index is 2570. The van der Waals surface area contributed by atoms with Gasteiger partial charge in [-0.15, -0.1) is 0 Å².